The molecule has 0 radical (unpaired) electrons. The molecule has 1 heterocycles. The van der Waals surface area contributed by atoms with Crippen LogP contribution in [-0.2, 0) is 16.7 Å². The molecule has 7 heteroatoms. The van der Waals surface area contributed by atoms with Crippen LogP contribution in [-0.4, -0.2) is 39.4 Å². The zero-order chi connectivity index (χ0) is 20.5. The first-order chi connectivity index (χ1) is 14.2. The normalized spacial score (nSPS) is 15.8. The Morgan fingerprint density at radius 1 is 1.10 bits per heavy atom. The minimum absolute atomic E-state index is 0. The fraction of sp³-hybridized carbons (Fsp3) is 0.435. The fourth-order valence-corrected chi connectivity index (χ4v) is 3.90. The Morgan fingerprint density at radius 2 is 1.80 bits per heavy atom. The van der Waals surface area contributed by atoms with Crippen LogP contribution in [0.4, 0.5) is 0 Å². The molecule has 164 valence electrons. The lowest BCUT2D eigenvalue weighted by atomic mass is 9.74. The third-order valence-corrected chi connectivity index (χ3v) is 5.82. The number of guanidine groups is 1. The molecule has 5 nitrogen and oxygen atoms in total. The second kappa shape index (κ2) is 12.4. The summed E-state index contributed by atoms with van der Waals surface area (Å²) in [5, 5.41) is 7.64. The first kappa shape index (κ1) is 24.8. The van der Waals surface area contributed by atoms with Gasteiger partial charge < -0.3 is 20.1 Å². The number of rotatable bonds is 7. The van der Waals surface area contributed by atoms with Crippen LogP contribution in [0.25, 0.3) is 0 Å². The Balaban J connectivity index is 0.00000320. The minimum atomic E-state index is 0. The molecule has 1 saturated heterocycles. The maximum absolute atomic E-state index is 6.26. The van der Waals surface area contributed by atoms with Gasteiger partial charge in [-0.15, -0.1) is 24.0 Å². The molecule has 0 bridgehead atoms. The van der Waals surface area contributed by atoms with Crippen molar-refractivity contribution in [2.24, 2.45) is 4.99 Å². The standard InChI is InChI=1S/C23H30ClN3O2.HI/c1-3-29-20-10-8-19(9-11-20)23(12-14-28-15-13-23)17-27-22(25-2)26-16-18-6-4-5-7-21(18)24;/h4-11H,3,12-17H2,1-2H3,(H2,25,26,27);1H. The summed E-state index contributed by atoms with van der Waals surface area (Å²) < 4.78 is 11.2. The Kier molecular flexibility index (Phi) is 10.2. The van der Waals surface area contributed by atoms with Crippen molar-refractivity contribution in [1.82, 2.24) is 10.6 Å². The van der Waals surface area contributed by atoms with Crippen LogP contribution in [0.1, 0.15) is 30.9 Å². The molecule has 0 aliphatic carbocycles. The number of halogens is 2. The topological polar surface area (TPSA) is 54.9 Å². The molecule has 0 saturated carbocycles. The molecule has 1 fully saturated rings. The summed E-state index contributed by atoms with van der Waals surface area (Å²) in [6, 6.07) is 16.3. The van der Waals surface area contributed by atoms with Crippen LogP contribution in [0.2, 0.25) is 5.02 Å². The summed E-state index contributed by atoms with van der Waals surface area (Å²) in [6.45, 7) is 5.61. The van der Waals surface area contributed by atoms with Crippen molar-refractivity contribution in [3.63, 3.8) is 0 Å². The van der Waals surface area contributed by atoms with E-state index in [0.717, 1.165) is 54.9 Å². The fourth-order valence-electron chi connectivity index (χ4n) is 3.70. The zero-order valence-corrected chi connectivity index (χ0v) is 20.7. The van der Waals surface area contributed by atoms with Gasteiger partial charge in [-0.3, -0.25) is 4.99 Å². The third-order valence-electron chi connectivity index (χ3n) is 5.45. The summed E-state index contributed by atoms with van der Waals surface area (Å²) in [7, 11) is 1.79. The molecule has 1 aliphatic rings. The number of aliphatic imine (C=N–C) groups is 1. The Bertz CT molecular complexity index is 808. The zero-order valence-electron chi connectivity index (χ0n) is 17.6. The molecule has 3 rings (SSSR count). The second-order valence-electron chi connectivity index (χ2n) is 7.22. The lowest BCUT2D eigenvalue weighted by Crippen LogP contribution is -2.47. The van der Waals surface area contributed by atoms with E-state index in [1.807, 2.05) is 31.2 Å². The number of hydrogen-bond donors (Lipinski definition) is 2. The molecule has 0 aromatic heterocycles. The quantitative estimate of drug-likeness (QED) is 0.300. The van der Waals surface area contributed by atoms with Gasteiger partial charge >= 0.3 is 0 Å². The molecule has 0 atom stereocenters. The van der Waals surface area contributed by atoms with Crippen molar-refractivity contribution in [3.8, 4) is 5.75 Å². The van der Waals surface area contributed by atoms with Gasteiger partial charge in [-0.2, -0.15) is 0 Å². The van der Waals surface area contributed by atoms with Crippen molar-refractivity contribution in [2.75, 3.05) is 33.4 Å². The highest BCUT2D eigenvalue weighted by Crippen LogP contribution is 2.35. The van der Waals surface area contributed by atoms with E-state index in [9.17, 15) is 0 Å². The summed E-state index contributed by atoms with van der Waals surface area (Å²) in [4.78, 5) is 4.38. The minimum Gasteiger partial charge on any atom is -0.494 e. The average molecular weight is 544 g/mol. The second-order valence-corrected chi connectivity index (χ2v) is 7.63. The average Bonchev–Trinajstić information content (AvgIpc) is 2.76. The van der Waals surface area contributed by atoms with Gasteiger partial charge in [0.2, 0.25) is 0 Å². The number of nitrogens with zero attached hydrogens (tertiary/aromatic N) is 1. The van der Waals surface area contributed by atoms with Gasteiger partial charge in [0.25, 0.3) is 0 Å². The van der Waals surface area contributed by atoms with Crippen LogP contribution < -0.4 is 15.4 Å². The molecule has 0 amide bonds. The van der Waals surface area contributed by atoms with E-state index < -0.39 is 0 Å². The van der Waals surface area contributed by atoms with Gasteiger partial charge in [0, 0.05) is 43.8 Å². The monoisotopic (exact) mass is 543 g/mol. The Morgan fingerprint density at radius 3 is 2.43 bits per heavy atom. The maximum Gasteiger partial charge on any atom is 0.191 e. The smallest absolute Gasteiger partial charge is 0.191 e. The highest BCUT2D eigenvalue weighted by Gasteiger charge is 2.34. The van der Waals surface area contributed by atoms with E-state index >= 15 is 0 Å². The first-order valence-electron chi connectivity index (χ1n) is 10.2. The third kappa shape index (κ3) is 6.49. The number of nitrogens with one attached hydrogen (secondary N) is 2. The van der Waals surface area contributed by atoms with Gasteiger partial charge in [-0.25, -0.2) is 0 Å². The van der Waals surface area contributed by atoms with Crippen LogP contribution >= 0.6 is 35.6 Å². The van der Waals surface area contributed by atoms with E-state index in [0.29, 0.717) is 13.2 Å². The highest BCUT2D eigenvalue weighted by atomic mass is 127. The lowest BCUT2D eigenvalue weighted by Gasteiger charge is -2.38. The van der Waals surface area contributed by atoms with Crippen LogP contribution in [0.5, 0.6) is 5.75 Å². The summed E-state index contributed by atoms with van der Waals surface area (Å²) in [6.07, 6.45) is 1.94. The van der Waals surface area contributed by atoms with Gasteiger partial charge in [0.05, 0.1) is 6.61 Å². The highest BCUT2D eigenvalue weighted by molar-refractivity contribution is 14.0. The predicted octanol–water partition coefficient (Wildman–Crippen LogP) is 4.77. The largest absolute Gasteiger partial charge is 0.494 e. The maximum atomic E-state index is 6.26. The molecular formula is C23H31ClIN3O2. The predicted molar refractivity (Wildman–Crippen MR) is 134 cm³/mol. The van der Waals surface area contributed by atoms with Crippen molar-refractivity contribution in [2.45, 2.75) is 31.7 Å². The van der Waals surface area contributed by atoms with E-state index in [-0.39, 0.29) is 29.4 Å². The van der Waals surface area contributed by atoms with Crippen LogP contribution in [0, 0.1) is 0 Å². The van der Waals surface area contributed by atoms with Crippen molar-refractivity contribution >= 4 is 41.5 Å². The van der Waals surface area contributed by atoms with Crippen molar-refractivity contribution in [1.29, 1.82) is 0 Å². The van der Waals surface area contributed by atoms with E-state index in [4.69, 9.17) is 21.1 Å². The summed E-state index contributed by atoms with van der Waals surface area (Å²) in [5.41, 5.74) is 2.35. The van der Waals surface area contributed by atoms with E-state index in [1.54, 1.807) is 7.05 Å². The Hall–Kier alpha value is -1.51. The van der Waals surface area contributed by atoms with Gasteiger partial charge in [0.15, 0.2) is 5.96 Å². The van der Waals surface area contributed by atoms with E-state index in [1.165, 1.54) is 5.56 Å². The van der Waals surface area contributed by atoms with Gasteiger partial charge in [0.1, 0.15) is 5.75 Å². The molecule has 2 aromatic carbocycles. The van der Waals surface area contributed by atoms with Crippen molar-refractivity contribution in [3.05, 3.63) is 64.7 Å². The van der Waals surface area contributed by atoms with Crippen LogP contribution in [0.3, 0.4) is 0 Å². The van der Waals surface area contributed by atoms with E-state index in [2.05, 4.69) is 39.9 Å². The first-order valence-corrected chi connectivity index (χ1v) is 10.5. The Labute approximate surface area is 201 Å². The number of hydrogen-bond acceptors (Lipinski definition) is 3. The molecule has 2 aromatic rings. The molecule has 0 spiro atoms. The SMILES string of the molecule is CCOc1ccc(C2(CNC(=NC)NCc3ccccc3Cl)CCOCC2)cc1.I. The lowest BCUT2D eigenvalue weighted by molar-refractivity contribution is 0.0513. The number of ether oxygens (including phenoxy) is 2. The summed E-state index contributed by atoms with van der Waals surface area (Å²) in [5.74, 6) is 1.67. The summed E-state index contributed by atoms with van der Waals surface area (Å²) >= 11 is 6.26. The molecule has 1 aliphatic heterocycles. The molecule has 2 N–H and O–H groups in total. The van der Waals surface area contributed by atoms with Crippen LogP contribution in [0.15, 0.2) is 53.5 Å². The van der Waals surface area contributed by atoms with Gasteiger partial charge in [-0.1, -0.05) is 41.9 Å². The molecule has 30 heavy (non-hydrogen) atoms. The molecular weight excluding hydrogens is 513 g/mol. The number of benzene rings is 2. The molecule has 0 unspecified atom stereocenters. The van der Waals surface area contributed by atoms with Crippen molar-refractivity contribution < 1.29 is 9.47 Å². The van der Waals surface area contributed by atoms with Gasteiger partial charge in [-0.05, 0) is 49.1 Å².